The van der Waals surface area contributed by atoms with Crippen LogP contribution >= 0.6 is 0 Å². The van der Waals surface area contributed by atoms with Crippen molar-refractivity contribution in [1.29, 1.82) is 0 Å². The number of aliphatic hydroxyl groups excluding tert-OH is 1. The molecule has 0 heterocycles. The third-order valence-corrected chi connectivity index (χ3v) is 1.03. The van der Waals surface area contributed by atoms with Crippen LogP contribution in [0.15, 0.2) is 0 Å². The second-order valence-electron chi connectivity index (χ2n) is 2.09. The lowest BCUT2D eigenvalue weighted by Gasteiger charge is -2.06. The van der Waals surface area contributed by atoms with E-state index in [2.05, 4.69) is 11.7 Å². The van der Waals surface area contributed by atoms with Gasteiger partial charge in [-0.2, -0.15) is 0 Å². The van der Waals surface area contributed by atoms with Crippen LogP contribution in [0.2, 0.25) is 0 Å². The molecule has 0 rings (SSSR count). The van der Waals surface area contributed by atoms with Crippen LogP contribution in [0.1, 0.15) is 13.3 Å². The molecule has 0 saturated carbocycles. The number of carbonyl (C=O) groups is 1. The van der Waals surface area contributed by atoms with Gasteiger partial charge in [-0.15, -0.1) is 0 Å². The first kappa shape index (κ1) is 9.43. The number of aliphatic hydroxyl groups is 1. The predicted octanol–water partition coefficient (Wildman–Crippen LogP) is 0.382. The molecular formula is C7H13O3. The smallest absolute Gasteiger partial charge is 0.305 e. The van der Waals surface area contributed by atoms with E-state index >= 15 is 0 Å². The normalized spacial score (nSPS) is 12.7. The molecule has 1 N–H and O–H groups in total. The first-order chi connectivity index (χ1) is 4.70. The van der Waals surface area contributed by atoms with E-state index in [0.717, 1.165) is 0 Å². The summed E-state index contributed by atoms with van der Waals surface area (Å²) in [7, 11) is 0. The van der Waals surface area contributed by atoms with Gasteiger partial charge in [0.05, 0.1) is 6.61 Å². The standard InChI is InChI=1S/C7H13O3/c1-3-7(9)10-5-6(2)4-8/h6,8H,2-5H2,1H3. The number of rotatable bonds is 4. The monoisotopic (exact) mass is 145 g/mol. The van der Waals surface area contributed by atoms with Crippen molar-refractivity contribution in [2.75, 3.05) is 13.2 Å². The average Bonchev–Trinajstić information content (AvgIpc) is 1.99. The minimum Gasteiger partial charge on any atom is -0.465 e. The number of hydrogen-bond acceptors (Lipinski definition) is 3. The molecule has 0 spiro atoms. The summed E-state index contributed by atoms with van der Waals surface area (Å²) in [6, 6.07) is 0. The molecule has 1 radical (unpaired) electrons. The molecule has 0 aromatic heterocycles. The topological polar surface area (TPSA) is 46.5 Å². The lowest BCUT2D eigenvalue weighted by molar-refractivity contribution is -0.144. The highest BCUT2D eigenvalue weighted by Crippen LogP contribution is 1.94. The number of carbonyl (C=O) groups excluding carboxylic acids is 1. The number of ether oxygens (including phenoxy) is 1. The second kappa shape index (κ2) is 5.23. The maximum atomic E-state index is 10.5. The van der Waals surface area contributed by atoms with Crippen molar-refractivity contribution in [2.45, 2.75) is 13.3 Å². The van der Waals surface area contributed by atoms with Gasteiger partial charge < -0.3 is 9.84 Å². The third-order valence-electron chi connectivity index (χ3n) is 1.03. The van der Waals surface area contributed by atoms with E-state index in [9.17, 15) is 4.79 Å². The van der Waals surface area contributed by atoms with E-state index in [1.807, 2.05) is 0 Å². The van der Waals surface area contributed by atoms with E-state index in [-0.39, 0.29) is 25.1 Å². The molecule has 0 aliphatic rings. The fraction of sp³-hybridized carbons (Fsp3) is 0.714. The van der Waals surface area contributed by atoms with Gasteiger partial charge in [0.15, 0.2) is 0 Å². The summed E-state index contributed by atoms with van der Waals surface area (Å²) < 4.78 is 4.68. The van der Waals surface area contributed by atoms with Gasteiger partial charge in [0.25, 0.3) is 0 Å². The van der Waals surface area contributed by atoms with Crippen molar-refractivity contribution in [1.82, 2.24) is 0 Å². The van der Waals surface area contributed by atoms with Gasteiger partial charge in [-0.1, -0.05) is 6.92 Å². The molecule has 3 heteroatoms. The quantitative estimate of drug-likeness (QED) is 0.582. The van der Waals surface area contributed by atoms with Crippen LogP contribution in [0.4, 0.5) is 0 Å². The highest BCUT2D eigenvalue weighted by Gasteiger charge is 2.03. The summed E-state index contributed by atoms with van der Waals surface area (Å²) in [6.07, 6.45) is 0.373. The first-order valence-electron chi connectivity index (χ1n) is 3.30. The van der Waals surface area contributed by atoms with Crippen LogP contribution in [-0.4, -0.2) is 24.3 Å². The zero-order chi connectivity index (χ0) is 7.98. The van der Waals surface area contributed by atoms with E-state index < -0.39 is 0 Å². The molecule has 0 amide bonds. The summed E-state index contributed by atoms with van der Waals surface area (Å²) >= 11 is 0. The molecule has 0 aliphatic carbocycles. The molecule has 1 unspecified atom stereocenters. The molecule has 0 aromatic rings. The van der Waals surface area contributed by atoms with Crippen molar-refractivity contribution < 1.29 is 14.6 Å². The van der Waals surface area contributed by atoms with Crippen LogP contribution in [0.25, 0.3) is 0 Å². The summed E-state index contributed by atoms with van der Waals surface area (Å²) in [6.45, 7) is 5.42. The lowest BCUT2D eigenvalue weighted by atomic mass is 10.2. The molecule has 0 fully saturated rings. The summed E-state index contributed by atoms with van der Waals surface area (Å²) in [4.78, 5) is 10.5. The molecule has 3 nitrogen and oxygen atoms in total. The predicted molar refractivity (Wildman–Crippen MR) is 37.2 cm³/mol. The second-order valence-corrected chi connectivity index (χ2v) is 2.09. The molecule has 10 heavy (non-hydrogen) atoms. The van der Waals surface area contributed by atoms with Crippen LogP contribution < -0.4 is 0 Å². The molecule has 59 valence electrons. The van der Waals surface area contributed by atoms with Gasteiger partial charge in [0.2, 0.25) is 0 Å². The van der Waals surface area contributed by atoms with Crippen molar-refractivity contribution in [3.8, 4) is 0 Å². The minimum atomic E-state index is -0.248. The molecular weight excluding hydrogens is 132 g/mol. The Morgan fingerprint density at radius 3 is 2.80 bits per heavy atom. The maximum absolute atomic E-state index is 10.5. The Bertz CT molecular complexity index is 101. The Balaban J connectivity index is 3.26. The van der Waals surface area contributed by atoms with Crippen molar-refractivity contribution >= 4 is 5.97 Å². The highest BCUT2D eigenvalue weighted by atomic mass is 16.5. The SMILES string of the molecule is [CH2]C(CO)COC(=O)CC. The van der Waals surface area contributed by atoms with Gasteiger partial charge in [0.1, 0.15) is 0 Å². The average molecular weight is 145 g/mol. The largest absolute Gasteiger partial charge is 0.465 e. The first-order valence-corrected chi connectivity index (χ1v) is 3.30. The molecule has 0 saturated heterocycles. The minimum absolute atomic E-state index is 0.0446. The van der Waals surface area contributed by atoms with Gasteiger partial charge in [0, 0.05) is 18.9 Å². The van der Waals surface area contributed by atoms with Crippen molar-refractivity contribution in [3.05, 3.63) is 6.92 Å². The van der Waals surface area contributed by atoms with Crippen LogP contribution in [-0.2, 0) is 9.53 Å². The third kappa shape index (κ3) is 4.32. The van der Waals surface area contributed by atoms with E-state index in [1.165, 1.54) is 0 Å². The van der Waals surface area contributed by atoms with Crippen molar-refractivity contribution in [3.63, 3.8) is 0 Å². The Morgan fingerprint density at radius 2 is 2.40 bits per heavy atom. The molecule has 0 bridgehead atoms. The lowest BCUT2D eigenvalue weighted by Crippen LogP contribution is -2.13. The van der Waals surface area contributed by atoms with E-state index in [4.69, 9.17) is 5.11 Å². The Hall–Kier alpha value is -0.570. The molecule has 0 aromatic carbocycles. The maximum Gasteiger partial charge on any atom is 0.305 e. The van der Waals surface area contributed by atoms with Gasteiger partial charge in [-0.3, -0.25) is 4.79 Å². The number of hydrogen-bond donors (Lipinski definition) is 1. The zero-order valence-corrected chi connectivity index (χ0v) is 6.17. The molecule has 0 aliphatic heterocycles. The van der Waals surface area contributed by atoms with Crippen molar-refractivity contribution in [2.24, 2.45) is 5.92 Å². The Labute approximate surface area is 61.0 Å². The van der Waals surface area contributed by atoms with Crippen LogP contribution in [0.3, 0.4) is 0 Å². The molecule has 1 atom stereocenters. The van der Waals surface area contributed by atoms with E-state index in [0.29, 0.717) is 6.42 Å². The van der Waals surface area contributed by atoms with Gasteiger partial charge >= 0.3 is 5.97 Å². The fourth-order valence-electron chi connectivity index (χ4n) is 0.366. The Morgan fingerprint density at radius 1 is 1.80 bits per heavy atom. The summed E-state index contributed by atoms with van der Waals surface area (Å²) in [5.74, 6) is -0.447. The fourth-order valence-corrected chi connectivity index (χ4v) is 0.366. The van der Waals surface area contributed by atoms with E-state index in [1.54, 1.807) is 6.92 Å². The van der Waals surface area contributed by atoms with Crippen LogP contribution in [0.5, 0.6) is 0 Å². The summed E-state index contributed by atoms with van der Waals surface area (Å²) in [5.41, 5.74) is 0. The Kier molecular flexibility index (Phi) is 4.94. The van der Waals surface area contributed by atoms with Gasteiger partial charge in [-0.25, -0.2) is 0 Å². The number of esters is 1. The summed E-state index contributed by atoms with van der Waals surface area (Å²) in [5, 5.41) is 8.47. The zero-order valence-electron chi connectivity index (χ0n) is 6.17. The van der Waals surface area contributed by atoms with Crippen LogP contribution in [0, 0.1) is 12.8 Å². The highest BCUT2D eigenvalue weighted by molar-refractivity contribution is 5.68. The van der Waals surface area contributed by atoms with Gasteiger partial charge in [-0.05, 0) is 6.92 Å².